The van der Waals surface area contributed by atoms with Gasteiger partial charge >= 0.3 is 0 Å². The third-order valence-corrected chi connectivity index (χ3v) is 6.09. The standard InChI is InChI=1S/C23H20F2N4O/c1-30-23-20-18(14-10-12(24)2-4-16(14)27-20)22(29-8-6-26-7-9-29)19-15-11-13(25)3-5-17(15)28-21(19)23/h2-5,10-11,26-28H,6-9H2,1H3. The minimum atomic E-state index is -0.293. The highest BCUT2D eigenvalue weighted by molar-refractivity contribution is 6.29. The van der Waals surface area contributed by atoms with Crippen molar-refractivity contribution in [1.82, 2.24) is 15.3 Å². The zero-order valence-electron chi connectivity index (χ0n) is 16.4. The quantitative estimate of drug-likeness (QED) is 0.400. The van der Waals surface area contributed by atoms with Crippen LogP contribution in [0.1, 0.15) is 0 Å². The number of anilines is 1. The number of H-pyrrole nitrogens is 2. The predicted molar refractivity (Wildman–Crippen MR) is 117 cm³/mol. The number of methoxy groups -OCH3 is 1. The highest BCUT2D eigenvalue weighted by Crippen LogP contribution is 2.48. The molecule has 0 atom stereocenters. The number of rotatable bonds is 2. The van der Waals surface area contributed by atoms with Gasteiger partial charge in [0.2, 0.25) is 0 Å². The van der Waals surface area contributed by atoms with Gasteiger partial charge in [-0.25, -0.2) is 8.78 Å². The molecule has 0 unspecified atom stereocenters. The van der Waals surface area contributed by atoms with E-state index in [0.29, 0.717) is 5.75 Å². The van der Waals surface area contributed by atoms with Gasteiger partial charge in [0.25, 0.3) is 0 Å². The molecule has 3 heterocycles. The number of benzene rings is 3. The van der Waals surface area contributed by atoms with Gasteiger partial charge in [-0.05, 0) is 36.4 Å². The molecule has 30 heavy (non-hydrogen) atoms. The van der Waals surface area contributed by atoms with Crippen LogP contribution in [0.3, 0.4) is 0 Å². The number of nitrogens with one attached hydrogen (secondary N) is 3. The second kappa shape index (κ2) is 6.34. The van der Waals surface area contributed by atoms with E-state index < -0.39 is 0 Å². The molecule has 0 saturated carbocycles. The van der Waals surface area contributed by atoms with Crippen molar-refractivity contribution in [3.05, 3.63) is 48.0 Å². The van der Waals surface area contributed by atoms with Gasteiger partial charge < -0.3 is 24.9 Å². The van der Waals surface area contributed by atoms with E-state index >= 15 is 0 Å². The van der Waals surface area contributed by atoms with E-state index in [1.807, 2.05) is 0 Å². The normalized spacial score (nSPS) is 15.1. The largest absolute Gasteiger partial charge is 0.492 e. The number of aromatic nitrogens is 2. The van der Waals surface area contributed by atoms with Crippen molar-refractivity contribution in [3.8, 4) is 5.75 Å². The summed E-state index contributed by atoms with van der Waals surface area (Å²) in [5.74, 6) is 0.0597. The summed E-state index contributed by atoms with van der Waals surface area (Å²) >= 11 is 0. The van der Waals surface area contributed by atoms with Crippen LogP contribution in [0, 0.1) is 11.6 Å². The molecule has 6 rings (SSSR count). The first kappa shape index (κ1) is 17.5. The van der Waals surface area contributed by atoms with Crippen molar-refractivity contribution in [2.24, 2.45) is 0 Å². The Hall–Kier alpha value is -3.32. The molecule has 3 aromatic carbocycles. The number of piperazine rings is 1. The van der Waals surface area contributed by atoms with Crippen LogP contribution in [0.5, 0.6) is 5.75 Å². The van der Waals surface area contributed by atoms with Crippen LogP contribution in [0.15, 0.2) is 36.4 Å². The Morgan fingerprint density at radius 1 is 0.833 bits per heavy atom. The van der Waals surface area contributed by atoms with E-state index in [1.165, 1.54) is 12.1 Å². The lowest BCUT2D eigenvalue weighted by atomic mass is 10.0. The highest BCUT2D eigenvalue weighted by Gasteiger charge is 2.26. The molecule has 152 valence electrons. The zero-order chi connectivity index (χ0) is 20.4. The summed E-state index contributed by atoms with van der Waals surface area (Å²) in [7, 11) is 1.62. The second-order valence-corrected chi connectivity index (χ2v) is 7.75. The Morgan fingerprint density at radius 3 is 1.87 bits per heavy atom. The van der Waals surface area contributed by atoms with Crippen molar-refractivity contribution in [3.63, 3.8) is 0 Å². The smallest absolute Gasteiger partial charge is 0.167 e. The maximum absolute atomic E-state index is 14.2. The van der Waals surface area contributed by atoms with Crippen molar-refractivity contribution < 1.29 is 13.5 Å². The number of ether oxygens (including phenoxy) is 1. The van der Waals surface area contributed by atoms with Crippen LogP contribution < -0.4 is 15.0 Å². The molecule has 1 saturated heterocycles. The third kappa shape index (κ3) is 2.35. The molecular formula is C23H20F2N4O. The van der Waals surface area contributed by atoms with Gasteiger partial charge in [0.15, 0.2) is 5.75 Å². The van der Waals surface area contributed by atoms with E-state index in [9.17, 15) is 8.78 Å². The predicted octanol–water partition coefficient (Wildman–Crippen LogP) is 4.65. The van der Waals surface area contributed by atoms with E-state index in [-0.39, 0.29) is 11.6 Å². The van der Waals surface area contributed by atoms with Crippen molar-refractivity contribution in [2.75, 3.05) is 38.2 Å². The van der Waals surface area contributed by atoms with Gasteiger partial charge in [0.1, 0.15) is 11.6 Å². The summed E-state index contributed by atoms with van der Waals surface area (Å²) in [4.78, 5) is 9.15. The molecule has 0 spiro atoms. The number of aromatic amines is 2. The van der Waals surface area contributed by atoms with Gasteiger partial charge in [0, 0.05) is 58.8 Å². The molecule has 5 aromatic rings. The molecule has 0 amide bonds. The van der Waals surface area contributed by atoms with Crippen molar-refractivity contribution in [1.29, 1.82) is 0 Å². The Bertz CT molecular complexity index is 1350. The van der Waals surface area contributed by atoms with Crippen LogP contribution in [0.4, 0.5) is 14.5 Å². The van der Waals surface area contributed by atoms with Gasteiger partial charge in [-0.15, -0.1) is 0 Å². The van der Waals surface area contributed by atoms with E-state index in [1.54, 1.807) is 31.4 Å². The van der Waals surface area contributed by atoms with Crippen molar-refractivity contribution in [2.45, 2.75) is 0 Å². The lowest BCUT2D eigenvalue weighted by Gasteiger charge is -2.31. The fourth-order valence-electron chi connectivity index (χ4n) is 4.82. The first-order chi connectivity index (χ1) is 14.7. The summed E-state index contributed by atoms with van der Waals surface area (Å²) in [6.07, 6.45) is 0. The summed E-state index contributed by atoms with van der Waals surface area (Å²) in [6.45, 7) is 3.31. The van der Waals surface area contributed by atoms with Gasteiger partial charge in [-0.3, -0.25) is 0 Å². The first-order valence-corrected chi connectivity index (χ1v) is 10.0. The second-order valence-electron chi connectivity index (χ2n) is 7.75. The molecule has 1 aliphatic rings. The third-order valence-electron chi connectivity index (χ3n) is 6.09. The van der Waals surface area contributed by atoms with Crippen LogP contribution in [0.25, 0.3) is 43.6 Å². The lowest BCUT2D eigenvalue weighted by molar-refractivity contribution is 0.423. The Labute approximate surface area is 170 Å². The SMILES string of the molecule is COc1c2[nH]c3ccc(F)cc3c2c(N2CCNCC2)c2c1[nH]c1ccc(F)cc12. The van der Waals surface area contributed by atoms with E-state index in [4.69, 9.17) is 4.74 Å². The summed E-state index contributed by atoms with van der Waals surface area (Å²) in [6, 6.07) is 9.51. The van der Waals surface area contributed by atoms with Crippen molar-refractivity contribution >= 4 is 49.3 Å². The van der Waals surface area contributed by atoms with Crippen LogP contribution >= 0.6 is 0 Å². The average molecular weight is 406 g/mol. The van der Waals surface area contributed by atoms with Gasteiger partial charge in [0.05, 0.1) is 23.8 Å². The monoisotopic (exact) mass is 406 g/mol. The summed E-state index contributed by atoms with van der Waals surface area (Å²) < 4.78 is 34.3. The van der Waals surface area contributed by atoms with Crippen LogP contribution in [0.2, 0.25) is 0 Å². The number of fused-ring (bicyclic) bond motifs is 6. The maximum Gasteiger partial charge on any atom is 0.167 e. The Balaban J connectivity index is 1.89. The maximum atomic E-state index is 14.2. The topological polar surface area (TPSA) is 56.1 Å². The minimum Gasteiger partial charge on any atom is -0.492 e. The molecule has 1 aliphatic heterocycles. The lowest BCUT2D eigenvalue weighted by Crippen LogP contribution is -2.43. The molecule has 3 N–H and O–H groups in total. The summed E-state index contributed by atoms with van der Waals surface area (Å²) in [5.41, 5.74) is 4.28. The molecule has 1 fully saturated rings. The molecule has 0 radical (unpaired) electrons. The van der Waals surface area contributed by atoms with Gasteiger partial charge in [-0.1, -0.05) is 0 Å². The van der Waals surface area contributed by atoms with Crippen LogP contribution in [-0.4, -0.2) is 43.3 Å². The number of hydrogen-bond acceptors (Lipinski definition) is 3. The van der Waals surface area contributed by atoms with E-state index in [2.05, 4.69) is 20.2 Å². The van der Waals surface area contributed by atoms with Gasteiger partial charge in [-0.2, -0.15) is 0 Å². The number of hydrogen-bond donors (Lipinski definition) is 3. The molecular weight excluding hydrogens is 386 g/mol. The Morgan fingerprint density at radius 2 is 1.37 bits per heavy atom. The first-order valence-electron chi connectivity index (χ1n) is 10.0. The number of nitrogens with zero attached hydrogens (tertiary/aromatic N) is 1. The Kier molecular flexibility index (Phi) is 3.70. The minimum absolute atomic E-state index is 0.293. The molecule has 7 heteroatoms. The molecule has 2 aromatic heterocycles. The summed E-state index contributed by atoms with van der Waals surface area (Å²) in [5, 5.41) is 6.78. The molecule has 0 aliphatic carbocycles. The van der Waals surface area contributed by atoms with E-state index in [0.717, 1.165) is 75.5 Å². The average Bonchev–Trinajstić information content (AvgIpc) is 3.31. The molecule has 5 nitrogen and oxygen atoms in total. The number of halogens is 2. The highest BCUT2D eigenvalue weighted by atomic mass is 19.1. The fourth-order valence-corrected chi connectivity index (χ4v) is 4.82. The molecule has 0 bridgehead atoms. The zero-order valence-corrected chi connectivity index (χ0v) is 16.4. The fraction of sp³-hybridized carbons (Fsp3) is 0.217. The van der Waals surface area contributed by atoms with Crippen LogP contribution in [-0.2, 0) is 0 Å².